The number of ether oxygens (including phenoxy) is 3. The second-order valence-corrected chi connectivity index (χ2v) is 9.21. The van der Waals surface area contributed by atoms with Gasteiger partial charge in [0.15, 0.2) is 17.0 Å². The smallest absolute Gasteiger partial charge is 0.305 e. The number of fused-ring (bicyclic) bond motifs is 2. The highest BCUT2D eigenvalue weighted by Gasteiger charge is 2.29. The number of imidazole rings is 1. The van der Waals surface area contributed by atoms with Gasteiger partial charge in [0.1, 0.15) is 24.4 Å². The molecule has 1 atom stereocenters. The highest BCUT2D eigenvalue weighted by Crippen LogP contribution is 2.32. The molecule has 9 nitrogen and oxygen atoms in total. The molecule has 1 fully saturated rings. The Morgan fingerprint density at radius 2 is 2.05 bits per heavy atom. The molecular formula is C28H33N5O4. The normalized spacial score (nSPS) is 15.4. The van der Waals surface area contributed by atoms with Crippen LogP contribution in [0.4, 0.5) is 5.82 Å². The number of rotatable bonds is 11. The topological polar surface area (TPSA) is 91.6 Å². The van der Waals surface area contributed by atoms with Crippen LogP contribution >= 0.6 is 0 Å². The predicted octanol–water partition coefficient (Wildman–Crippen LogP) is 4.77. The molecule has 1 aliphatic rings. The zero-order valence-corrected chi connectivity index (χ0v) is 21.4. The molecule has 4 aromatic rings. The summed E-state index contributed by atoms with van der Waals surface area (Å²) in [5, 5.41) is 2.16. The maximum atomic E-state index is 11.6. The third kappa shape index (κ3) is 5.45. The Hall–Kier alpha value is -3.88. The van der Waals surface area contributed by atoms with Gasteiger partial charge in [0.2, 0.25) is 0 Å². The maximum absolute atomic E-state index is 11.6. The van der Waals surface area contributed by atoms with Gasteiger partial charge < -0.3 is 23.7 Å². The molecule has 0 bridgehead atoms. The molecule has 0 N–H and O–H groups in total. The summed E-state index contributed by atoms with van der Waals surface area (Å²) in [7, 11) is 1.67. The van der Waals surface area contributed by atoms with Gasteiger partial charge in [-0.1, -0.05) is 18.2 Å². The van der Waals surface area contributed by atoms with Crippen LogP contribution in [-0.4, -0.2) is 58.4 Å². The summed E-state index contributed by atoms with van der Waals surface area (Å²) >= 11 is 0. The second kappa shape index (κ2) is 11.5. The highest BCUT2D eigenvalue weighted by molar-refractivity contribution is 5.89. The van der Waals surface area contributed by atoms with Crippen molar-refractivity contribution < 1.29 is 19.0 Å². The van der Waals surface area contributed by atoms with Crippen LogP contribution in [0.5, 0.6) is 11.5 Å². The molecule has 0 aliphatic carbocycles. The summed E-state index contributed by atoms with van der Waals surface area (Å²) in [5.74, 6) is 2.36. The van der Waals surface area contributed by atoms with E-state index in [4.69, 9.17) is 14.2 Å². The fraction of sp³-hybridized carbons (Fsp3) is 0.429. The zero-order valence-electron chi connectivity index (χ0n) is 21.4. The van der Waals surface area contributed by atoms with Crippen LogP contribution in [-0.2, 0) is 16.1 Å². The minimum atomic E-state index is -0.146. The SMILES string of the molecule is CCOC(=O)CCCCn1cnc2c(N3CCC[C@@H]3COc3cccc4ccc(OC)cc34)ncnc21. The lowest BCUT2D eigenvalue weighted by Crippen LogP contribution is -2.35. The van der Waals surface area contributed by atoms with Gasteiger partial charge >= 0.3 is 5.97 Å². The Morgan fingerprint density at radius 3 is 2.92 bits per heavy atom. The van der Waals surface area contributed by atoms with E-state index in [0.29, 0.717) is 19.6 Å². The first-order valence-electron chi connectivity index (χ1n) is 13.0. The molecule has 5 rings (SSSR count). The molecule has 2 aromatic heterocycles. The average Bonchev–Trinajstić information content (AvgIpc) is 3.57. The molecule has 0 spiro atoms. The van der Waals surface area contributed by atoms with Gasteiger partial charge in [-0.05, 0) is 56.2 Å². The Labute approximate surface area is 216 Å². The summed E-state index contributed by atoms with van der Waals surface area (Å²) in [5.41, 5.74) is 1.61. The number of anilines is 1. The molecule has 9 heteroatoms. The van der Waals surface area contributed by atoms with E-state index in [0.717, 1.165) is 78.0 Å². The maximum Gasteiger partial charge on any atom is 0.305 e. The Morgan fingerprint density at radius 1 is 1.14 bits per heavy atom. The first-order chi connectivity index (χ1) is 18.2. The Kier molecular flexibility index (Phi) is 7.67. The van der Waals surface area contributed by atoms with Crippen molar-refractivity contribution in [2.45, 2.75) is 51.6 Å². The van der Waals surface area contributed by atoms with Crippen LogP contribution in [0.25, 0.3) is 21.9 Å². The molecule has 0 saturated carbocycles. The van der Waals surface area contributed by atoms with Crippen molar-refractivity contribution in [2.24, 2.45) is 0 Å². The minimum Gasteiger partial charge on any atom is -0.497 e. The third-order valence-electron chi connectivity index (χ3n) is 6.85. The number of carbonyl (C=O) groups excluding carboxylic acids is 1. The lowest BCUT2D eigenvalue weighted by atomic mass is 10.1. The fourth-order valence-corrected chi connectivity index (χ4v) is 4.98. The van der Waals surface area contributed by atoms with Gasteiger partial charge in [-0.3, -0.25) is 4.79 Å². The van der Waals surface area contributed by atoms with Gasteiger partial charge in [0.25, 0.3) is 0 Å². The number of aryl methyl sites for hydroxylation is 1. The van der Waals surface area contributed by atoms with Crippen molar-refractivity contribution in [3.05, 3.63) is 49.1 Å². The summed E-state index contributed by atoms with van der Waals surface area (Å²) < 4.78 is 18.8. The van der Waals surface area contributed by atoms with Gasteiger partial charge in [-0.25, -0.2) is 15.0 Å². The van der Waals surface area contributed by atoms with Crippen molar-refractivity contribution >= 4 is 33.7 Å². The quantitative estimate of drug-likeness (QED) is 0.214. The molecule has 1 aliphatic heterocycles. The van der Waals surface area contributed by atoms with Gasteiger partial charge in [0, 0.05) is 24.9 Å². The van der Waals surface area contributed by atoms with E-state index in [1.807, 2.05) is 48.1 Å². The largest absolute Gasteiger partial charge is 0.497 e. The molecule has 0 radical (unpaired) electrons. The zero-order chi connectivity index (χ0) is 25.6. The summed E-state index contributed by atoms with van der Waals surface area (Å²) in [4.78, 5) is 27.7. The summed E-state index contributed by atoms with van der Waals surface area (Å²) in [6.07, 6.45) is 7.56. The van der Waals surface area contributed by atoms with Crippen molar-refractivity contribution in [3.8, 4) is 11.5 Å². The fourth-order valence-electron chi connectivity index (χ4n) is 4.98. The van der Waals surface area contributed by atoms with Crippen LogP contribution < -0.4 is 14.4 Å². The van der Waals surface area contributed by atoms with E-state index in [1.54, 1.807) is 13.4 Å². The van der Waals surface area contributed by atoms with Crippen LogP contribution in [0.2, 0.25) is 0 Å². The average molecular weight is 504 g/mol. The minimum absolute atomic E-state index is 0.146. The first-order valence-corrected chi connectivity index (χ1v) is 13.0. The molecule has 1 saturated heterocycles. The number of hydrogen-bond acceptors (Lipinski definition) is 8. The second-order valence-electron chi connectivity index (χ2n) is 9.21. The number of esters is 1. The van der Waals surface area contributed by atoms with E-state index >= 15 is 0 Å². The van der Waals surface area contributed by atoms with Crippen LogP contribution in [0.1, 0.15) is 39.0 Å². The summed E-state index contributed by atoms with van der Waals surface area (Å²) in [6.45, 7) is 4.44. The first kappa shape index (κ1) is 24.8. The van der Waals surface area contributed by atoms with E-state index in [9.17, 15) is 4.79 Å². The Balaban J connectivity index is 1.28. The van der Waals surface area contributed by atoms with Crippen molar-refractivity contribution in [1.29, 1.82) is 0 Å². The predicted molar refractivity (Wildman–Crippen MR) is 142 cm³/mol. The number of benzene rings is 2. The number of unbranched alkanes of at least 4 members (excludes halogenated alkanes) is 1. The van der Waals surface area contributed by atoms with E-state index < -0.39 is 0 Å². The molecule has 2 aromatic carbocycles. The number of carbonyl (C=O) groups is 1. The summed E-state index contributed by atoms with van der Waals surface area (Å²) in [6, 6.07) is 12.3. The van der Waals surface area contributed by atoms with Crippen LogP contribution in [0.15, 0.2) is 49.1 Å². The van der Waals surface area contributed by atoms with Crippen LogP contribution in [0.3, 0.4) is 0 Å². The number of hydrogen-bond donors (Lipinski definition) is 0. The van der Waals surface area contributed by atoms with Crippen LogP contribution in [0, 0.1) is 0 Å². The monoisotopic (exact) mass is 503 g/mol. The molecule has 3 heterocycles. The number of aromatic nitrogens is 4. The highest BCUT2D eigenvalue weighted by atomic mass is 16.5. The molecule has 194 valence electrons. The van der Waals surface area contributed by atoms with E-state index in [-0.39, 0.29) is 12.0 Å². The van der Waals surface area contributed by atoms with Crippen molar-refractivity contribution in [2.75, 3.05) is 31.8 Å². The number of nitrogens with zero attached hydrogens (tertiary/aromatic N) is 5. The van der Waals surface area contributed by atoms with E-state index in [2.05, 4.69) is 25.9 Å². The molecule has 0 unspecified atom stereocenters. The molecule has 37 heavy (non-hydrogen) atoms. The number of methoxy groups -OCH3 is 1. The lowest BCUT2D eigenvalue weighted by Gasteiger charge is -2.26. The lowest BCUT2D eigenvalue weighted by molar-refractivity contribution is -0.143. The van der Waals surface area contributed by atoms with Crippen molar-refractivity contribution in [1.82, 2.24) is 19.5 Å². The van der Waals surface area contributed by atoms with Gasteiger partial charge in [0.05, 0.1) is 26.1 Å². The van der Waals surface area contributed by atoms with Gasteiger partial charge in [-0.15, -0.1) is 0 Å². The molecular weight excluding hydrogens is 470 g/mol. The molecule has 0 amide bonds. The van der Waals surface area contributed by atoms with E-state index in [1.165, 1.54) is 0 Å². The third-order valence-corrected chi connectivity index (χ3v) is 6.85. The Bertz CT molecular complexity index is 1370. The van der Waals surface area contributed by atoms with Gasteiger partial charge in [-0.2, -0.15) is 0 Å². The standard InChI is InChI=1S/C28H33N5O4/c1-3-36-25(34)11-4-5-14-32-19-31-26-27(32)29-18-30-28(26)33-15-7-9-21(33)17-37-24-10-6-8-20-12-13-22(35-2)16-23(20)24/h6,8,10,12-13,16,18-19,21H,3-5,7,9,11,14-15,17H2,1-2H3/t21-/m1/s1. The van der Waals surface area contributed by atoms with Crippen molar-refractivity contribution in [3.63, 3.8) is 0 Å².